The van der Waals surface area contributed by atoms with Crippen LogP contribution in [0.4, 0.5) is 0 Å². The Morgan fingerprint density at radius 1 is 1.29 bits per heavy atom. The number of rotatable bonds is 0. The maximum Gasteiger partial charge on any atom is 0.168 e. The van der Waals surface area contributed by atoms with Crippen molar-refractivity contribution in [2.75, 3.05) is 31.6 Å². The Hall–Kier alpha value is 0.0600. The molecule has 2 aliphatic heterocycles. The van der Waals surface area contributed by atoms with Crippen LogP contribution in [0.15, 0.2) is 0 Å². The third-order valence-corrected chi connectivity index (χ3v) is 8.94. The second-order valence-corrected chi connectivity index (χ2v) is 8.64. The van der Waals surface area contributed by atoms with Gasteiger partial charge < -0.3 is 4.90 Å². The van der Waals surface area contributed by atoms with Crippen LogP contribution in [0.1, 0.15) is 12.8 Å². The SMILES string of the molecule is CN1CCC2(CC1)S(=O)CCS2(=O)=O. The summed E-state index contributed by atoms with van der Waals surface area (Å²) < 4.78 is 34.6. The van der Waals surface area contributed by atoms with Crippen molar-refractivity contribution < 1.29 is 12.6 Å². The first-order valence-electron chi connectivity index (χ1n) is 4.77. The summed E-state index contributed by atoms with van der Waals surface area (Å²) >= 11 is 0. The minimum absolute atomic E-state index is 0.114. The van der Waals surface area contributed by atoms with Crippen LogP contribution in [0.2, 0.25) is 0 Å². The normalized spacial score (nSPS) is 36.2. The molecule has 0 amide bonds. The van der Waals surface area contributed by atoms with Crippen molar-refractivity contribution in [3.8, 4) is 0 Å². The second kappa shape index (κ2) is 3.28. The number of nitrogens with zero attached hydrogens (tertiary/aromatic N) is 1. The van der Waals surface area contributed by atoms with Crippen molar-refractivity contribution in [1.29, 1.82) is 0 Å². The van der Waals surface area contributed by atoms with Gasteiger partial charge in [-0.3, -0.25) is 4.21 Å². The average molecular weight is 237 g/mol. The highest BCUT2D eigenvalue weighted by atomic mass is 32.3. The summed E-state index contributed by atoms with van der Waals surface area (Å²) in [6.07, 6.45) is 1.08. The molecule has 0 N–H and O–H groups in total. The molecular formula is C8H15NO3S2. The highest BCUT2D eigenvalue weighted by Gasteiger charge is 2.54. The van der Waals surface area contributed by atoms with E-state index in [1.165, 1.54) is 0 Å². The number of likely N-dealkylation sites (tertiary alicyclic amines) is 1. The quantitative estimate of drug-likeness (QED) is 0.574. The number of hydrogen-bond acceptors (Lipinski definition) is 4. The zero-order valence-electron chi connectivity index (χ0n) is 8.23. The molecule has 0 bridgehead atoms. The lowest BCUT2D eigenvalue weighted by atomic mass is 10.1. The van der Waals surface area contributed by atoms with E-state index in [0.717, 1.165) is 13.1 Å². The Labute approximate surface area is 87.0 Å². The van der Waals surface area contributed by atoms with Crippen LogP contribution in [-0.2, 0) is 20.6 Å². The molecule has 1 spiro atoms. The molecule has 6 heteroatoms. The Morgan fingerprint density at radius 3 is 2.29 bits per heavy atom. The summed E-state index contributed by atoms with van der Waals surface area (Å²) in [7, 11) is -2.31. The van der Waals surface area contributed by atoms with E-state index in [4.69, 9.17) is 0 Å². The van der Waals surface area contributed by atoms with Gasteiger partial charge in [-0.2, -0.15) is 0 Å². The third-order valence-electron chi connectivity index (χ3n) is 3.27. The first-order chi connectivity index (χ1) is 6.48. The highest BCUT2D eigenvalue weighted by molar-refractivity contribution is 8.10. The predicted octanol–water partition coefficient (Wildman–Crippen LogP) is -0.415. The second-order valence-electron chi connectivity index (χ2n) is 4.08. The molecule has 0 aromatic carbocycles. The molecule has 2 fully saturated rings. The fourth-order valence-corrected chi connectivity index (χ4v) is 7.50. The molecule has 1 unspecified atom stereocenters. The molecule has 0 aliphatic carbocycles. The lowest BCUT2D eigenvalue weighted by Crippen LogP contribution is -2.47. The fraction of sp³-hybridized carbons (Fsp3) is 1.00. The minimum Gasteiger partial charge on any atom is -0.306 e. The molecule has 1 atom stereocenters. The van der Waals surface area contributed by atoms with E-state index in [2.05, 4.69) is 4.90 Å². The van der Waals surface area contributed by atoms with Crippen molar-refractivity contribution >= 4 is 20.6 Å². The Kier molecular flexibility index (Phi) is 2.48. The molecule has 82 valence electrons. The third kappa shape index (κ3) is 1.35. The number of hydrogen-bond donors (Lipinski definition) is 0. The Balaban J connectivity index is 2.34. The van der Waals surface area contributed by atoms with Gasteiger partial charge >= 0.3 is 0 Å². The lowest BCUT2D eigenvalue weighted by molar-refractivity contribution is 0.266. The van der Waals surface area contributed by atoms with E-state index in [9.17, 15) is 12.6 Å². The average Bonchev–Trinajstić information content (AvgIpc) is 2.35. The number of piperidine rings is 1. The molecule has 2 saturated heterocycles. The summed E-state index contributed by atoms with van der Waals surface area (Å²) in [6.45, 7) is 1.48. The molecule has 0 aromatic heterocycles. The van der Waals surface area contributed by atoms with E-state index < -0.39 is 24.7 Å². The van der Waals surface area contributed by atoms with Crippen LogP contribution in [0.5, 0.6) is 0 Å². The smallest absolute Gasteiger partial charge is 0.168 e. The molecule has 2 heterocycles. The summed E-state index contributed by atoms with van der Waals surface area (Å²) in [6, 6.07) is 0. The number of sulfone groups is 1. The van der Waals surface area contributed by atoms with Gasteiger partial charge in [-0.25, -0.2) is 8.42 Å². The molecule has 2 rings (SSSR count). The molecule has 0 radical (unpaired) electrons. The largest absolute Gasteiger partial charge is 0.306 e. The van der Waals surface area contributed by atoms with E-state index in [1.807, 2.05) is 7.05 Å². The van der Waals surface area contributed by atoms with Gasteiger partial charge in [-0.15, -0.1) is 0 Å². The topological polar surface area (TPSA) is 54.5 Å². The van der Waals surface area contributed by atoms with Crippen LogP contribution in [0.3, 0.4) is 0 Å². The van der Waals surface area contributed by atoms with Crippen molar-refractivity contribution in [3.05, 3.63) is 0 Å². The maximum absolute atomic E-state index is 11.8. The molecule has 4 nitrogen and oxygen atoms in total. The standard InChI is InChI=1S/C8H15NO3S2/c1-9-4-2-8(3-5-9)13(10)6-7-14(8,11)12/h2-7H2,1H3. The van der Waals surface area contributed by atoms with Gasteiger partial charge in [0.05, 0.1) is 5.75 Å². The monoisotopic (exact) mass is 237 g/mol. The first-order valence-corrected chi connectivity index (χ1v) is 7.74. The summed E-state index contributed by atoms with van der Waals surface area (Å²) in [4.78, 5) is 2.09. The van der Waals surface area contributed by atoms with E-state index in [1.54, 1.807) is 0 Å². The fourth-order valence-electron chi connectivity index (χ4n) is 2.20. The molecule has 2 aliphatic rings. The van der Waals surface area contributed by atoms with Crippen molar-refractivity contribution in [1.82, 2.24) is 4.90 Å². The van der Waals surface area contributed by atoms with E-state index >= 15 is 0 Å². The zero-order valence-corrected chi connectivity index (χ0v) is 9.86. The van der Waals surface area contributed by atoms with Gasteiger partial charge in [0.15, 0.2) is 9.84 Å². The first kappa shape index (κ1) is 10.6. The summed E-state index contributed by atoms with van der Waals surface area (Å²) in [5.74, 6) is 0.454. The Bertz CT molecular complexity index is 355. The van der Waals surface area contributed by atoms with Crippen LogP contribution < -0.4 is 0 Å². The van der Waals surface area contributed by atoms with E-state index in [0.29, 0.717) is 18.6 Å². The maximum atomic E-state index is 11.8. The summed E-state index contributed by atoms with van der Waals surface area (Å²) in [5, 5.41) is 0. The van der Waals surface area contributed by atoms with Crippen LogP contribution >= 0.6 is 0 Å². The molecule has 0 aromatic rings. The van der Waals surface area contributed by atoms with Gasteiger partial charge in [0.1, 0.15) is 4.08 Å². The van der Waals surface area contributed by atoms with Crippen LogP contribution in [0.25, 0.3) is 0 Å². The lowest BCUT2D eigenvalue weighted by Gasteiger charge is -2.35. The Morgan fingerprint density at radius 2 is 1.86 bits per heavy atom. The minimum atomic E-state index is -3.11. The highest BCUT2D eigenvalue weighted by Crippen LogP contribution is 2.38. The summed E-state index contributed by atoms with van der Waals surface area (Å²) in [5.41, 5.74) is 0. The molecule has 14 heavy (non-hydrogen) atoms. The van der Waals surface area contributed by atoms with E-state index in [-0.39, 0.29) is 5.75 Å². The molecular weight excluding hydrogens is 222 g/mol. The van der Waals surface area contributed by atoms with Crippen molar-refractivity contribution in [3.63, 3.8) is 0 Å². The predicted molar refractivity (Wildman–Crippen MR) is 56.3 cm³/mol. The van der Waals surface area contributed by atoms with Gasteiger partial charge in [-0.1, -0.05) is 0 Å². The van der Waals surface area contributed by atoms with Gasteiger partial charge in [-0.05, 0) is 19.9 Å². The van der Waals surface area contributed by atoms with Crippen LogP contribution in [0, 0.1) is 0 Å². The molecule has 0 saturated carbocycles. The van der Waals surface area contributed by atoms with Crippen molar-refractivity contribution in [2.45, 2.75) is 16.9 Å². The van der Waals surface area contributed by atoms with Gasteiger partial charge in [0.25, 0.3) is 0 Å². The zero-order chi connectivity index (χ0) is 10.4. The van der Waals surface area contributed by atoms with Gasteiger partial charge in [0.2, 0.25) is 0 Å². The van der Waals surface area contributed by atoms with Crippen molar-refractivity contribution in [2.24, 2.45) is 0 Å². The van der Waals surface area contributed by atoms with Gasteiger partial charge in [0, 0.05) is 29.6 Å². The van der Waals surface area contributed by atoms with Crippen LogP contribution in [-0.4, -0.2) is 53.2 Å².